The van der Waals surface area contributed by atoms with Crippen molar-refractivity contribution in [2.75, 3.05) is 37.6 Å². The van der Waals surface area contributed by atoms with Crippen LogP contribution in [-0.4, -0.2) is 49.6 Å². The molecule has 0 spiro atoms. The van der Waals surface area contributed by atoms with E-state index in [2.05, 4.69) is 23.2 Å². The zero-order valence-corrected chi connectivity index (χ0v) is 11.7. The molecular weight excluding hydrogens is 252 g/mol. The van der Waals surface area contributed by atoms with Crippen molar-refractivity contribution in [1.82, 2.24) is 10.2 Å². The van der Waals surface area contributed by atoms with E-state index in [0.717, 1.165) is 25.3 Å². The summed E-state index contributed by atoms with van der Waals surface area (Å²) in [7, 11) is 0. The Hall–Kier alpha value is -1.90. The van der Waals surface area contributed by atoms with Crippen molar-refractivity contribution in [2.24, 2.45) is 0 Å². The lowest BCUT2D eigenvalue weighted by Crippen LogP contribution is -2.53. The number of nitriles is 1. The van der Waals surface area contributed by atoms with E-state index in [1.165, 1.54) is 0 Å². The zero-order valence-electron chi connectivity index (χ0n) is 11.7. The molecule has 20 heavy (non-hydrogen) atoms. The van der Waals surface area contributed by atoms with Crippen LogP contribution in [0.2, 0.25) is 0 Å². The first-order valence-electron chi connectivity index (χ1n) is 6.89. The van der Waals surface area contributed by atoms with Crippen LogP contribution in [0, 0.1) is 11.3 Å². The highest BCUT2D eigenvalue weighted by molar-refractivity contribution is 5.95. The Morgan fingerprint density at radius 2 is 2.25 bits per heavy atom. The van der Waals surface area contributed by atoms with E-state index in [4.69, 9.17) is 5.26 Å². The fourth-order valence-electron chi connectivity index (χ4n) is 2.38. The van der Waals surface area contributed by atoms with Crippen LogP contribution in [0.5, 0.6) is 0 Å². The molecule has 1 saturated heterocycles. The molecule has 5 nitrogen and oxygen atoms in total. The number of nitrogens with zero attached hydrogens (tertiary/aromatic N) is 3. The Labute approximate surface area is 119 Å². The summed E-state index contributed by atoms with van der Waals surface area (Å²) in [6.07, 6.45) is 0. The lowest BCUT2D eigenvalue weighted by Gasteiger charge is -2.34. The van der Waals surface area contributed by atoms with Gasteiger partial charge in [-0.3, -0.25) is 14.6 Å². The lowest BCUT2D eigenvalue weighted by molar-refractivity contribution is -0.120. The first-order valence-corrected chi connectivity index (χ1v) is 6.89. The van der Waals surface area contributed by atoms with Crippen molar-refractivity contribution in [1.29, 1.82) is 5.26 Å². The van der Waals surface area contributed by atoms with E-state index in [-0.39, 0.29) is 12.5 Å². The molecule has 106 valence electrons. The van der Waals surface area contributed by atoms with E-state index >= 15 is 0 Å². The quantitative estimate of drug-likeness (QED) is 0.825. The second kappa shape index (κ2) is 7.04. The van der Waals surface area contributed by atoms with E-state index < -0.39 is 0 Å². The highest BCUT2D eigenvalue weighted by atomic mass is 16.2. The van der Waals surface area contributed by atoms with E-state index in [1.54, 1.807) is 4.90 Å². The molecule has 1 atom stereocenters. The van der Waals surface area contributed by atoms with Crippen molar-refractivity contribution >= 4 is 11.6 Å². The summed E-state index contributed by atoms with van der Waals surface area (Å²) in [6.45, 7) is 5.22. The minimum absolute atomic E-state index is 0.0218. The van der Waals surface area contributed by atoms with Gasteiger partial charge in [0.25, 0.3) is 0 Å². The van der Waals surface area contributed by atoms with Crippen molar-refractivity contribution in [3.63, 3.8) is 0 Å². The topological polar surface area (TPSA) is 59.4 Å². The van der Waals surface area contributed by atoms with Crippen LogP contribution in [0.4, 0.5) is 5.69 Å². The monoisotopic (exact) mass is 272 g/mol. The van der Waals surface area contributed by atoms with Gasteiger partial charge in [0, 0.05) is 31.4 Å². The van der Waals surface area contributed by atoms with Gasteiger partial charge in [-0.25, -0.2) is 0 Å². The van der Waals surface area contributed by atoms with Gasteiger partial charge >= 0.3 is 0 Å². The number of piperazine rings is 1. The Morgan fingerprint density at radius 3 is 2.90 bits per heavy atom. The smallest absolute Gasteiger partial charge is 0.242 e. The van der Waals surface area contributed by atoms with Gasteiger partial charge in [0.2, 0.25) is 5.91 Å². The summed E-state index contributed by atoms with van der Waals surface area (Å²) >= 11 is 0. The summed E-state index contributed by atoms with van der Waals surface area (Å²) in [5, 5.41) is 12.2. The highest BCUT2D eigenvalue weighted by Crippen LogP contribution is 2.14. The average molecular weight is 272 g/mol. The summed E-state index contributed by atoms with van der Waals surface area (Å²) in [5.74, 6) is -0.0218. The molecule has 0 aliphatic carbocycles. The normalized spacial score (nSPS) is 19.3. The summed E-state index contributed by atoms with van der Waals surface area (Å²) in [6, 6.07) is 11.8. The molecule has 1 aliphatic rings. The van der Waals surface area contributed by atoms with Gasteiger partial charge in [-0.05, 0) is 19.1 Å². The fraction of sp³-hybridized carbons (Fsp3) is 0.467. The molecule has 1 amide bonds. The molecule has 0 radical (unpaired) electrons. The van der Waals surface area contributed by atoms with E-state index in [1.807, 2.05) is 30.3 Å². The van der Waals surface area contributed by atoms with Gasteiger partial charge in [-0.1, -0.05) is 18.2 Å². The molecule has 0 aromatic heterocycles. The van der Waals surface area contributed by atoms with Gasteiger partial charge in [-0.2, -0.15) is 5.26 Å². The van der Waals surface area contributed by atoms with Gasteiger partial charge in [-0.15, -0.1) is 0 Å². The standard InChI is InChI=1S/C15H20N4O/c1-13-11-17-8-10-18(13)12-15(20)19(9-7-16)14-5-3-2-4-6-14/h2-6,13,17H,8-12H2,1H3/t13-/m0/s1. The number of benzene rings is 1. The Balaban J connectivity index is 2.06. The molecule has 1 aliphatic heterocycles. The van der Waals surface area contributed by atoms with Crippen LogP contribution in [0.15, 0.2) is 30.3 Å². The number of carbonyl (C=O) groups excluding carboxylic acids is 1. The molecule has 1 aromatic rings. The molecular formula is C15H20N4O. The summed E-state index contributed by atoms with van der Waals surface area (Å²) in [5.41, 5.74) is 0.779. The van der Waals surface area contributed by atoms with Crippen LogP contribution in [0.25, 0.3) is 0 Å². The van der Waals surface area contributed by atoms with Gasteiger partial charge in [0.05, 0.1) is 12.6 Å². The number of para-hydroxylation sites is 1. The number of carbonyl (C=O) groups is 1. The number of amides is 1. The molecule has 2 rings (SSSR count). The molecule has 1 fully saturated rings. The molecule has 1 aromatic carbocycles. The molecule has 0 saturated carbocycles. The van der Waals surface area contributed by atoms with Gasteiger partial charge in [0.15, 0.2) is 0 Å². The number of anilines is 1. The first kappa shape index (κ1) is 14.5. The third kappa shape index (κ3) is 3.56. The average Bonchev–Trinajstić information content (AvgIpc) is 2.48. The first-order chi connectivity index (χ1) is 9.72. The van der Waals surface area contributed by atoms with Crippen molar-refractivity contribution in [3.05, 3.63) is 30.3 Å². The van der Waals surface area contributed by atoms with Crippen LogP contribution >= 0.6 is 0 Å². The minimum Gasteiger partial charge on any atom is -0.314 e. The number of hydrogen-bond donors (Lipinski definition) is 1. The fourth-order valence-corrected chi connectivity index (χ4v) is 2.38. The maximum absolute atomic E-state index is 12.5. The predicted octanol–water partition coefficient (Wildman–Crippen LogP) is 0.837. The van der Waals surface area contributed by atoms with Crippen LogP contribution in [-0.2, 0) is 4.79 Å². The minimum atomic E-state index is -0.0218. The van der Waals surface area contributed by atoms with Gasteiger partial charge < -0.3 is 5.32 Å². The van der Waals surface area contributed by atoms with Crippen molar-refractivity contribution < 1.29 is 4.79 Å². The predicted molar refractivity (Wildman–Crippen MR) is 78.3 cm³/mol. The molecule has 0 unspecified atom stereocenters. The van der Waals surface area contributed by atoms with E-state index in [0.29, 0.717) is 12.6 Å². The summed E-state index contributed by atoms with van der Waals surface area (Å²) < 4.78 is 0. The summed E-state index contributed by atoms with van der Waals surface area (Å²) in [4.78, 5) is 16.2. The Kier molecular flexibility index (Phi) is 5.10. The third-order valence-electron chi connectivity index (χ3n) is 3.57. The number of rotatable bonds is 4. The van der Waals surface area contributed by atoms with Crippen LogP contribution < -0.4 is 10.2 Å². The van der Waals surface area contributed by atoms with Crippen molar-refractivity contribution in [3.8, 4) is 6.07 Å². The molecule has 1 N–H and O–H groups in total. The third-order valence-corrected chi connectivity index (χ3v) is 3.57. The van der Waals surface area contributed by atoms with Crippen LogP contribution in [0.3, 0.4) is 0 Å². The molecule has 1 heterocycles. The Bertz CT molecular complexity index is 482. The van der Waals surface area contributed by atoms with Crippen molar-refractivity contribution in [2.45, 2.75) is 13.0 Å². The number of hydrogen-bond acceptors (Lipinski definition) is 4. The maximum Gasteiger partial charge on any atom is 0.242 e. The Morgan fingerprint density at radius 1 is 1.50 bits per heavy atom. The SMILES string of the molecule is C[C@H]1CNCCN1CC(=O)N(CC#N)c1ccccc1. The largest absolute Gasteiger partial charge is 0.314 e. The second-order valence-electron chi connectivity index (χ2n) is 5.00. The molecule has 0 bridgehead atoms. The van der Waals surface area contributed by atoms with Crippen LogP contribution in [0.1, 0.15) is 6.92 Å². The lowest BCUT2D eigenvalue weighted by atomic mass is 10.2. The van der Waals surface area contributed by atoms with E-state index in [9.17, 15) is 4.79 Å². The maximum atomic E-state index is 12.5. The zero-order chi connectivity index (χ0) is 14.4. The molecule has 5 heteroatoms. The highest BCUT2D eigenvalue weighted by Gasteiger charge is 2.23. The van der Waals surface area contributed by atoms with Gasteiger partial charge in [0.1, 0.15) is 6.54 Å². The number of nitrogens with one attached hydrogen (secondary N) is 1. The second-order valence-corrected chi connectivity index (χ2v) is 5.00.